The molecule has 0 spiro atoms. The highest BCUT2D eigenvalue weighted by molar-refractivity contribution is 6.03. The molecule has 3 amide bonds. The van der Waals surface area contributed by atoms with Gasteiger partial charge in [-0.25, -0.2) is 14.0 Å². The summed E-state index contributed by atoms with van der Waals surface area (Å²) in [5, 5.41) is 2.56. The van der Waals surface area contributed by atoms with Crippen LogP contribution < -0.4 is 15.1 Å². The second-order valence-corrected chi connectivity index (χ2v) is 8.47. The molecule has 2 heterocycles. The van der Waals surface area contributed by atoms with Crippen LogP contribution in [0.3, 0.4) is 0 Å². The fourth-order valence-corrected chi connectivity index (χ4v) is 3.47. The van der Waals surface area contributed by atoms with E-state index in [2.05, 4.69) is 5.32 Å². The molecule has 2 aliphatic heterocycles. The normalized spacial score (nSPS) is 18.9. The zero-order valence-corrected chi connectivity index (χ0v) is 17.2. The Morgan fingerprint density at radius 1 is 1.34 bits per heavy atom. The summed E-state index contributed by atoms with van der Waals surface area (Å²) >= 11 is 0. The van der Waals surface area contributed by atoms with Crippen LogP contribution in [0, 0.1) is 5.82 Å². The number of halogens is 1. The molecule has 1 unspecified atom stereocenters. The Morgan fingerprint density at radius 3 is 2.66 bits per heavy atom. The van der Waals surface area contributed by atoms with Gasteiger partial charge in [0.05, 0.1) is 30.9 Å². The lowest BCUT2D eigenvalue weighted by Crippen LogP contribution is -2.38. The number of fused-ring (bicyclic) bond motifs is 1. The Balaban J connectivity index is 1.70. The van der Waals surface area contributed by atoms with Crippen molar-refractivity contribution in [2.75, 3.05) is 22.9 Å². The Bertz CT molecular complexity index is 849. The number of benzene rings is 1. The maximum atomic E-state index is 14.8. The zero-order valence-electron chi connectivity index (χ0n) is 17.2. The third-order valence-corrected chi connectivity index (χ3v) is 4.55. The summed E-state index contributed by atoms with van der Waals surface area (Å²) in [6.45, 7) is 9.10. The Kier molecular flexibility index (Phi) is 5.42. The van der Waals surface area contributed by atoms with E-state index in [9.17, 15) is 18.8 Å². The summed E-state index contributed by atoms with van der Waals surface area (Å²) in [5.41, 5.74) is 0.502. The van der Waals surface area contributed by atoms with E-state index in [1.165, 1.54) is 15.9 Å². The number of alkyl carbamates (subject to hydrolysis) is 1. The van der Waals surface area contributed by atoms with E-state index < -0.39 is 29.7 Å². The number of anilines is 2. The molecule has 29 heavy (non-hydrogen) atoms. The van der Waals surface area contributed by atoms with Gasteiger partial charge in [-0.05, 0) is 52.3 Å². The van der Waals surface area contributed by atoms with Crippen LogP contribution in [0.5, 0.6) is 0 Å². The van der Waals surface area contributed by atoms with E-state index in [0.717, 1.165) is 0 Å². The number of amides is 3. The van der Waals surface area contributed by atoms with Gasteiger partial charge in [-0.15, -0.1) is 0 Å². The average Bonchev–Trinajstić information content (AvgIpc) is 3.10. The van der Waals surface area contributed by atoms with Gasteiger partial charge in [0.2, 0.25) is 5.91 Å². The van der Waals surface area contributed by atoms with Crippen LogP contribution in [0.2, 0.25) is 0 Å². The zero-order chi connectivity index (χ0) is 21.5. The van der Waals surface area contributed by atoms with Crippen LogP contribution in [-0.2, 0) is 20.7 Å². The molecule has 2 aliphatic rings. The van der Waals surface area contributed by atoms with E-state index >= 15 is 0 Å². The average molecular weight is 407 g/mol. The fraction of sp³-hybridized carbons (Fsp3) is 0.550. The lowest BCUT2D eigenvalue weighted by Gasteiger charge is -2.23. The van der Waals surface area contributed by atoms with Crippen LogP contribution in [0.1, 0.15) is 40.2 Å². The maximum absolute atomic E-state index is 14.8. The molecule has 1 N–H and O–H groups in total. The molecule has 1 aromatic rings. The van der Waals surface area contributed by atoms with Gasteiger partial charge in [-0.2, -0.15) is 0 Å². The molecule has 1 aromatic carbocycles. The minimum atomic E-state index is -0.634. The fourth-order valence-electron chi connectivity index (χ4n) is 3.47. The molecule has 1 atom stereocenters. The number of cyclic esters (lactones) is 1. The first-order valence-corrected chi connectivity index (χ1v) is 9.55. The van der Waals surface area contributed by atoms with Crippen LogP contribution in [0.25, 0.3) is 0 Å². The molecule has 8 nitrogen and oxygen atoms in total. The minimum Gasteiger partial charge on any atom is -0.444 e. The van der Waals surface area contributed by atoms with Crippen molar-refractivity contribution < 1.29 is 28.2 Å². The predicted molar refractivity (Wildman–Crippen MR) is 105 cm³/mol. The first-order valence-electron chi connectivity index (χ1n) is 9.55. The summed E-state index contributed by atoms with van der Waals surface area (Å²) in [4.78, 5) is 39.0. The summed E-state index contributed by atoms with van der Waals surface area (Å²) in [5.74, 6) is -0.727. The number of nitrogens with one attached hydrogen (secondary N) is 1. The largest absolute Gasteiger partial charge is 0.444 e. The highest BCUT2D eigenvalue weighted by Gasteiger charge is 2.37. The van der Waals surface area contributed by atoms with E-state index in [0.29, 0.717) is 11.3 Å². The Hall–Kier alpha value is -2.84. The molecule has 9 heteroatoms. The van der Waals surface area contributed by atoms with Crippen LogP contribution >= 0.6 is 0 Å². The van der Waals surface area contributed by atoms with Crippen molar-refractivity contribution >= 4 is 29.5 Å². The maximum Gasteiger partial charge on any atom is 0.414 e. The van der Waals surface area contributed by atoms with E-state index in [1.54, 1.807) is 26.8 Å². The smallest absolute Gasteiger partial charge is 0.414 e. The van der Waals surface area contributed by atoms with Crippen molar-refractivity contribution in [2.45, 2.75) is 58.8 Å². The number of ether oxygens (including phenoxy) is 2. The second kappa shape index (κ2) is 7.53. The van der Waals surface area contributed by atoms with Gasteiger partial charge in [0.1, 0.15) is 17.5 Å². The topological polar surface area (TPSA) is 88.2 Å². The second-order valence-electron chi connectivity index (χ2n) is 8.47. The lowest BCUT2D eigenvalue weighted by molar-refractivity contribution is -0.117. The molecule has 1 saturated heterocycles. The van der Waals surface area contributed by atoms with Gasteiger partial charge >= 0.3 is 12.2 Å². The van der Waals surface area contributed by atoms with E-state index in [4.69, 9.17) is 9.47 Å². The number of carbonyl (C=O) groups is 3. The van der Waals surface area contributed by atoms with E-state index in [-0.39, 0.29) is 37.1 Å². The van der Waals surface area contributed by atoms with Crippen LogP contribution in [0.4, 0.5) is 25.4 Å². The van der Waals surface area contributed by atoms with Gasteiger partial charge < -0.3 is 19.7 Å². The van der Waals surface area contributed by atoms with Gasteiger partial charge in [-0.1, -0.05) is 0 Å². The van der Waals surface area contributed by atoms with Gasteiger partial charge in [0.15, 0.2) is 0 Å². The highest BCUT2D eigenvalue weighted by Crippen LogP contribution is 2.37. The summed E-state index contributed by atoms with van der Waals surface area (Å²) in [7, 11) is 0. The quantitative estimate of drug-likeness (QED) is 0.829. The molecular weight excluding hydrogens is 381 g/mol. The molecule has 0 bridgehead atoms. The van der Waals surface area contributed by atoms with Gasteiger partial charge in [-0.3, -0.25) is 9.69 Å². The van der Waals surface area contributed by atoms with Crippen molar-refractivity contribution in [3.63, 3.8) is 0 Å². The molecule has 3 rings (SSSR count). The Labute approximate surface area is 168 Å². The third-order valence-electron chi connectivity index (χ3n) is 4.55. The van der Waals surface area contributed by atoms with Crippen LogP contribution in [0.15, 0.2) is 12.1 Å². The molecule has 0 saturated carbocycles. The lowest BCUT2D eigenvalue weighted by atomic mass is 10.1. The number of hydrogen-bond acceptors (Lipinski definition) is 5. The standard InChI is InChI=1S/C20H26FN3O5/c1-11(2)24-16(25)7-12-6-13(8-15(21)17(12)24)23-10-14(28-19(23)27)9-22-18(26)29-20(3,4)5/h6,8,11,14H,7,9-10H2,1-5H3,(H,22,26). The van der Waals surface area contributed by atoms with Crippen molar-refractivity contribution in [2.24, 2.45) is 0 Å². The first-order chi connectivity index (χ1) is 13.5. The molecule has 158 valence electrons. The van der Waals surface area contributed by atoms with Crippen LogP contribution in [-0.4, -0.2) is 48.9 Å². The van der Waals surface area contributed by atoms with Crippen molar-refractivity contribution in [3.05, 3.63) is 23.5 Å². The number of rotatable bonds is 4. The number of hydrogen-bond donors (Lipinski definition) is 1. The molecule has 0 radical (unpaired) electrons. The minimum absolute atomic E-state index is 0.0736. The third kappa shape index (κ3) is 4.44. The molecule has 0 aliphatic carbocycles. The highest BCUT2D eigenvalue weighted by atomic mass is 19.1. The molecule has 1 fully saturated rings. The monoisotopic (exact) mass is 407 g/mol. The predicted octanol–water partition coefficient (Wildman–Crippen LogP) is 2.97. The number of carbonyl (C=O) groups excluding carboxylic acids is 3. The molecular formula is C20H26FN3O5. The first kappa shape index (κ1) is 20.9. The molecule has 0 aromatic heterocycles. The SMILES string of the molecule is CC(C)N1C(=O)Cc2cc(N3CC(CNC(=O)OC(C)(C)C)OC3=O)cc(F)c21. The number of nitrogens with zero attached hydrogens (tertiary/aromatic N) is 2. The van der Waals surface area contributed by atoms with Crippen molar-refractivity contribution in [1.82, 2.24) is 5.32 Å². The van der Waals surface area contributed by atoms with E-state index in [1.807, 2.05) is 13.8 Å². The van der Waals surface area contributed by atoms with Crippen molar-refractivity contribution in [1.29, 1.82) is 0 Å². The van der Waals surface area contributed by atoms with Crippen molar-refractivity contribution in [3.8, 4) is 0 Å². The summed E-state index contributed by atoms with van der Waals surface area (Å²) in [6.07, 6.45) is -1.75. The van der Waals surface area contributed by atoms with Gasteiger partial charge in [0.25, 0.3) is 0 Å². The summed E-state index contributed by atoms with van der Waals surface area (Å²) < 4.78 is 25.2. The van der Waals surface area contributed by atoms with Gasteiger partial charge in [0, 0.05) is 6.04 Å². The Morgan fingerprint density at radius 2 is 2.03 bits per heavy atom. The summed E-state index contributed by atoms with van der Waals surface area (Å²) in [6, 6.07) is 2.71.